The van der Waals surface area contributed by atoms with Gasteiger partial charge in [-0.3, -0.25) is 4.72 Å². The molecule has 1 heterocycles. The van der Waals surface area contributed by atoms with Gasteiger partial charge in [-0.25, -0.2) is 8.42 Å². The van der Waals surface area contributed by atoms with E-state index >= 15 is 0 Å². The van der Waals surface area contributed by atoms with E-state index in [1.54, 1.807) is 12.1 Å². The van der Waals surface area contributed by atoms with E-state index in [0.717, 1.165) is 29.8 Å². The first-order valence-electron chi connectivity index (χ1n) is 6.93. The monoisotopic (exact) mass is 302 g/mol. The highest BCUT2D eigenvalue weighted by Gasteiger charge is 2.19. The number of fused-ring (bicyclic) bond motifs is 1. The van der Waals surface area contributed by atoms with Crippen LogP contribution in [0.1, 0.15) is 16.7 Å². The van der Waals surface area contributed by atoms with Gasteiger partial charge in [0, 0.05) is 12.2 Å². The predicted molar refractivity (Wildman–Crippen MR) is 85.4 cm³/mol. The fourth-order valence-corrected chi connectivity index (χ4v) is 3.83. The molecule has 0 aromatic heterocycles. The van der Waals surface area contributed by atoms with Crippen LogP contribution >= 0.6 is 0 Å². The first kappa shape index (κ1) is 13.9. The van der Waals surface area contributed by atoms with Crippen molar-refractivity contribution < 1.29 is 8.42 Å². The molecule has 0 bridgehead atoms. The number of hydrogen-bond acceptors (Lipinski definition) is 3. The van der Waals surface area contributed by atoms with Crippen LogP contribution in [0.4, 0.5) is 11.4 Å². The molecule has 0 spiro atoms. The van der Waals surface area contributed by atoms with Crippen molar-refractivity contribution in [1.29, 1.82) is 0 Å². The maximum absolute atomic E-state index is 12.6. The summed E-state index contributed by atoms with van der Waals surface area (Å²) in [5.41, 5.74) is 4.57. The van der Waals surface area contributed by atoms with Crippen molar-refractivity contribution in [3.8, 4) is 0 Å². The standard InChI is InChI=1S/C16H18N2O2S/c1-11-4-3-5-12(2)16(11)18-21(19,20)14-7-6-13-8-9-17-15(13)10-14/h3-7,10,17-18H,8-9H2,1-2H3. The second-order valence-electron chi connectivity index (χ2n) is 5.37. The van der Waals surface area contributed by atoms with Crippen molar-refractivity contribution in [3.63, 3.8) is 0 Å². The van der Waals surface area contributed by atoms with Crippen LogP contribution in [-0.2, 0) is 16.4 Å². The van der Waals surface area contributed by atoms with E-state index in [9.17, 15) is 8.42 Å². The normalized spacial score (nSPS) is 13.6. The first-order chi connectivity index (χ1) is 9.97. The van der Waals surface area contributed by atoms with Gasteiger partial charge >= 0.3 is 0 Å². The zero-order chi connectivity index (χ0) is 15.0. The summed E-state index contributed by atoms with van der Waals surface area (Å²) < 4.78 is 27.8. The van der Waals surface area contributed by atoms with Crippen LogP contribution < -0.4 is 10.0 Å². The van der Waals surface area contributed by atoms with E-state index in [1.807, 2.05) is 38.1 Å². The van der Waals surface area contributed by atoms with Crippen molar-refractivity contribution in [2.45, 2.75) is 25.2 Å². The molecule has 1 aliphatic rings. The summed E-state index contributed by atoms with van der Waals surface area (Å²) in [6.45, 7) is 4.66. The smallest absolute Gasteiger partial charge is 0.261 e. The Morgan fingerprint density at radius 3 is 2.52 bits per heavy atom. The molecular weight excluding hydrogens is 284 g/mol. The zero-order valence-corrected chi connectivity index (χ0v) is 12.9. The van der Waals surface area contributed by atoms with Gasteiger partial charge in [-0.1, -0.05) is 24.3 Å². The minimum atomic E-state index is -3.57. The maximum atomic E-state index is 12.6. The Balaban J connectivity index is 1.98. The van der Waals surface area contributed by atoms with E-state index in [-0.39, 0.29) is 0 Å². The third-order valence-corrected chi connectivity index (χ3v) is 5.17. The van der Waals surface area contributed by atoms with Crippen molar-refractivity contribution in [2.75, 3.05) is 16.6 Å². The van der Waals surface area contributed by atoms with E-state index in [1.165, 1.54) is 5.56 Å². The quantitative estimate of drug-likeness (QED) is 0.916. The number of benzene rings is 2. The van der Waals surface area contributed by atoms with Crippen LogP contribution in [0.15, 0.2) is 41.3 Å². The second kappa shape index (κ2) is 5.07. The zero-order valence-electron chi connectivity index (χ0n) is 12.1. The van der Waals surface area contributed by atoms with Crippen LogP contribution in [0.3, 0.4) is 0 Å². The molecule has 0 radical (unpaired) electrons. The minimum Gasteiger partial charge on any atom is -0.384 e. The van der Waals surface area contributed by atoms with Gasteiger partial charge in [0.1, 0.15) is 0 Å². The highest BCUT2D eigenvalue weighted by molar-refractivity contribution is 7.92. The summed E-state index contributed by atoms with van der Waals surface area (Å²) in [5, 5.41) is 3.21. The Labute approximate surface area is 125 Å². The Kier molecular flexibility index (Phi) is 3.37. The molecule has 0 saturated heterocycles. The third-order valence-electron chi connectivity index (χ3n) is 3.82. The lowest BCUT2D eigenvalue weighted by Gasteiger charge is -2.13. The molecule has 21 heavy (non-hydrogen) atoms. The molecular formula is C16H18N2O2S. The highest BCUT2D eigenvalue weighted by Crippen LogP contribution is 2.28. The molecule has 5 heteroatoms. The highest BCUT2D eigenvalue weighted by atomic mass is 32.2. The summed E-state index contributed by atoms with van der Waals surface area (Å²) in [7, 11) is -3.57. The van der Waals surface area contributed by atoms with Gasteiger partial charge in [-0.15, -0.1) is 0 Å². The van der Waals surface area contributed by atoms with Crippen molar-refractivity contribution in [2.24, 2.45) is 0 Å². The van der Waals surface area contributed by atoms with Crippen LogP contribution in [0.25, 0.3) is 0 Å². The third kappa shape index (κ3) is 2.61. The Morgan fingerprint density at radius 2 is 1.81 bits per heavy atom. The minimum absolute atomic E-state index is 0.290. The molecule has 0 aliphatic carbocycles. The number of nitrogens with one attached hydrogen (secondary N) is 2. The van der Waals surface area contributed by atoms with Crippen molar-refractivity contribution in [1.82, 2.24) is 0 Å². The van der Waals surface area contributed by atoms with E-state index in [0.29, 0.717) is 10.6 Å². The molecule has 110 valence electrons. The maximum Gasteiger partial charge on any atom is 0.261 e. The van der Waals surface area contributed by atoms with Gasteiger partial charge in [0.05, 0.1) is 10.6 Å². The van der Waals surface area contributed by atoms with E-state index in [4.69, 9.17) is 0 Å². The number of sulfonamides is 1. The Hall–Kier alpha value is -2.01. The Bertz CT molecular complexity index is 778. The SMILES string of the molecule is Cc1cccc(C)c1NS(=O)(=O)c1ccc2c(c1)NCC2. The lowest BCUT2D eigenvalue weighted by molar-refractivity contribution is 0.601. The molecule has 2 aromatic carbocycles. The topological polar surface area (TPSA) is 58.2 Å². The average Bonchev–Trinajstić information content (AvgIpc) is 2.90. The largest absolute Gasteiger partial charge is 0.384 e. The molecule has 0 atom stereocenters. The molecule has 0 fully saturated rings. The van der Waals surface area contributed by atoms with Crippen LogP contribution in [-0.4, -0.2) is 15.0 Å². The van der Waals surface area contributed by atoms with Crippen molar-refractivity contribution >= 4 is 21.4 Å². The number of para-hydroxylation sites is 1. The summed E-state index contributed by atoms with van der Waals surface area (Å²) in [4.78, 5) is 0.290. The van der Waals surface area contributed by atoms with Gasteiger partial charge < -0.3 is 5.32 Å². The molecule has 3 rings (SSSR count). The Morgan fingerprint density at radius 1 is 1.10 bits per heavy atom. The van der Waals surface area contributed by atoms with Gasteiger partial charge in [0.15, 0.2) is 0 Å². The van der Waals surface area contributed by atoms with Crippen LogP contribution in [0, 0.1) is 13.8 Å². The predicted octanol–water partition coefficient (Wildman–Crippen LogP) is 3.07. The number of rotatable bonds is 3. The molecule has 0 saturated carbocycles. The first-order valence-corrected chi connectivity index (χ1v) is 8.41. The van der Waals surface area contributed by atoms with Gasteiger partial charge in [0.25, 0.3) is 10.0 Å². The second-order valence-corrected chi connectivity index (χ2v) is 7.05. The summed E-state index contributed by atoms with van der Waals surface area (Å²) >= 11 is 0. The number of anilines is 2. The van der Waals surface area contributed by atoms with E-state index in [2.05, 4.69) is 10.0 Å². The summed E-state index contributed by atoms with van der Waals surface area (Å²) in [6.07, 6.45) is 0.944. The molecule has 1 aliphatic heterocycles. The van der Waals surface area contributed by atoms with Crippen LogP contribution in [0.5, 0.6) is 0 Å². The van der Waals surface area contributed by atoms with Crippen LogP contribution in [0.2, 0.25) is 0 Å². The molecule has 0 amide bonds. The molecule has 2 N–H and O–H groups in total. The van der Waals surface area contributed by atoms with Gasteiger partial charge in [-0.05, 0) is 49.1 Å². The van der Waals surface area contributed by atoms with Gasteiger partial charge in [-0.2, -0.15) is 0 Å². The molecule has 2 aromatic rings. The summed E-state index contributed by atoms with van der Waals surface area (Å²) in [6, 6.07) is 11.0. The van der Waals surface area contributed by atoms with Crippen molar-refractivity contribution in [3.05, 3.63) is 53.1 Å². The number of hydrogen-bond donors (Lipinski definition) is 2. The summed E-state index contributed by atoms with van der Waals surface area (Å²) in [5.74, 6) is 0. The van der Waals surface area contributed by atoms with E-state index < -0.39 is 10.0 Å². The molecule has 4 nitrogen and oxygen atoms in total. The lowest BCUT2D eigenvalue weighted by Crippen LogP contribution is -2.14. The molecule has 0 unspecified atom stereocenters. The number of aryl methyl sites for hydroxylation is 2. The fourth-order valence-electron chi connectivity index (χ4n) is 2.61. The fraction of sp³-hybridized carbons (Fsp3) is 0.250. The average molecular weight is 302 g/mol. The lowest BCUT2D eigenvalue weighted by atomic mass is 10.1. The van der Waals surface area contributed by atoms with Gasteiger partial charge in [0.2, 0.25) is 0 Å².